The van der Waals surface area contributed by atoms with Gasteiger partial charge in [0.2, 0.25) is 5.13 Å². The van der Waals surface area contributed by atoms with E-state index in [-0.39, 0.29) is 5.63 Å². The van der Waals surface area contributed by atoms with E-state index in [1.165, 1.54) is 16.9 Å². The first-order chi connectivity index (χ1) is 14.9. The lowest BCUT2D eigenvalue weighted by molar-refractivity contribution is 0.415. The first kappa shape index (κ1) is 21.4. The van der Waals surface area contributed by atoms with Gasteiger partial charge < -0.3 is 14.5 Å². The largest absolute Gasteiger partial charge is 0.497 e. The van der Waals surface area contributed by atoms with Crippen molar-refractivity contribution in [3.63, 3.8) is 0 Å². The van der Waals surface area contributed by atoms with Gasteiger partial charge in [-0.3, -0.25) is 0 Å². The summed E-state index contributed by atoms with van der Waals surface area (Å²) in [5.74, 6) is 1.81. The second-order valence-electron chi connectivity index (χ2n) is 7.47. The molecular weight excluding hydrogens is 430 g/mol. The number of benzene rings is 2. The highest BCUT2D eigenvalue weighted by atomic mass is 32.2. The Kier molecular flexibility index (Phi) is 6.29. The van der Waals surface area contributed by atoms with E-state index in [0.29, 0.717) is 22.4 Å². The average molecular weight is 454 g/mol. The maximum absolute atomic E-state index is 12.1. The van der Waals surface area contributed by atoms with Crippen LogP contribution in [-0.2, 0) is 5.75 Å². The van der Waals surface area contributed by atoms with Crippen molar-refractivity contribution < 1.29 is 9.15 Å². The van der Waals surface area contributed by atoms with Crippen LogP contribution in [0.5, 0.6) is 5.75 Å². The van der Waals surface area contributed by atoms with E-state index >= 15 is 0 Å². The van der Waals surface area contributed by atoms with E-state index in [2.05, 4.69) is 42.4 Å². The zero-order chi connectivity index (χ0) is 22.0. The van der Waals surface area contributed by atoms with Crippen LogP contribution in [0.25, 0.3) is 11.0 Å². The fraction of sp³-hybridized carbons (Fsp3) is 0.261. The van der Waals surface area contributed by atoms with Gasteiger partial charge in [-0.05, 0) is 65.9 Å². The molecule has 0 saturated heterocycles. The van der Waals surface area contributed by atoms with Gasteiger partial charge in [0.25, 0.3) is 0 Å². The summed E-state index contributed by atoms with van der Waals surface area (Å²) >= 11 is 3.03. The van der Waals surface area contributed by atoms with Crippen molar-refractivity contribution in [3.8, 4) is 5.75 Å². The highest BCUT2D eigenvalue weighted by Gasteiger charge is 2.13. The molecule has 0 spiro atoms. The Bertz CT molecular complexity index is 1260. The molecule has 1 N–H and O–H groups in total. The highest BCUT2D eigenvalue weighted by molar-refractivity contribution is 8.00. The Hall–Kier alpha value is -2.84. The van der Waals surface area contributed by atoms with Gasteiger partial charge in [-0.2, -0.15) is 0 Å². The predicted octanol–water partition coefficient (Wildman–Crippen LogP) is 6.12. The maximum atomic E-state index is 12.1. The predicted molar refractivity (Wildman–Crippen MR) is 127 cm³/mol. The molecule has 2 aromatic heterocycles. The summed E-state index contributed by atoms with van der Waals surface area (Å²) in [4.78, 5) is 12.1. The number of methoxy groups -OCH3 is 1. The minimum absolute atomic E-state index is 0.334. The van der Waals surface area contributed by atoms with Crippen LogP contribution in [0.2, 0.25) is 0 Å². The smallest absolute Gasteiger partial charge is 0.336 e. The van der Waals surface area contributed by atoms with E-state index in [0.717, 1.165) is 32.3 Å². The number of nitrogens with one attached hydrogen (secondary N) is 1. The molecule has 0 unspecified atom stereocenters. The van der Waals surface area contributed by atoms with Gasteiger partial charge in [0.05, 0.1) is 7.11 Å². The molecule has 0 radical (unpaired) electrons. The highest BCUT2D eigenvalue weighted by Crippen LogP contribution is 2.33. The lowest BCUT2D eigenvalue weighted by Crippen LogP contribution is -2.02. The zero-order valence-corrected chi connectivity index (χ0v) is 19.4. The number of hydrogen-bond donors (Lipinski definition) is 1. The third-order valence-corrected chi connectivity index (χ3v) is 6.96. The SMILES string of the molecule is COc1ccc(Nc2nnc(SCc3cc(=O)oc4cc(C)c(C(C)C)cc34)s2)cc1. The summed E-state index contributed by atoms with van der Waals surface area (Å²) < 4.78 is 11.5. The molecule has 0 aliphatic heterocycles. The van der Waals surface area contributed by atoms with Crippen LogP contribution in [0.15, 0.2) is 56.0 Å². The zero-order valence-electron chi connectivity index (χ0n) is 17.8. The van der Waals surface area contributed by atoms with Crippen LogP contribution in [0.3, 0.4) is 0 Å². The van der Waals surface area contributed by atoms with Crippen LogP contribution < -0.4 is 15.7 Å². The van der Waals surface area contributed by atoms with Gasteiger partial charge in [0.1, 0.15) is 11.3 Å². The summed E-state index contributed by atoms with van der Waals surface area (Å²) in [6.07, 6.45) is 0. The van der Waals surface area contributed by atoms with Crippen LogP contribution in [-0.4, -0.2) is 17.3 Å². The molecule has 0 bridgehead atoms. The summed E-state index contributed by atoms with van der Waals surface area (Å²) in [5, 5.41) is 13.4. The molecule has 4 aromatic rings. The number of anilines is 2. The summed E-state index contributed by atoms with van der Waals surface area (Å²) in [7, 11) is 1.64. The molecule has 8 heteroatoms. The number of thioether (sulfide) groups is 1. The first-order valence-electron chi connectivity index (χ1n) is 9.87. The molecule has 0 fully saturated rings. The molecule has 0 amide bonds. The van der Waals surface area contributed by atoms with E-state index in [1.54, 1.807) is 24.9 Å². The van der Waals surface area contributed by atoms with Crippen molar-refractivity contribution in [2.45, 2.75) is 36.8 Å². The molecule has 4 rings (SSSR count). The molecule has 0 saturated carbocycles. The van der Waals surface area contributed by atoms with Gasteiger partial charge >= 0.3 is 5.63 Å². The number of aromatic nitrogens is 2. The Labute approximate surface area is 188 Å². The van der Waals surface area contributed by atoms with Crippen molar-refractivity contribution >= 4 is 44.9 Å². The Balaban J connectivity index is 1.52. The molecular formula is C23H23N3O3S2. The number of rotatable bonds is 7. The Morgan fingerprint density at radius 2 is 1.94 bits per heavy atom. The quantitative estimate of drug-likeness (QED) is 0.267. The van der Waals surface area contributed by atoms with E-state index in [1.807, 2.05) is 30.3 Å². The van der Waals surface area contributed by atoms with Gasteiger partial charge in [0, 0.05) is 22.9 Å². The number of fused-ring (bicyclic) bond motifs is 1. The lowest BCUT2D eigenvalue weighted by Gasteiger charge is -2.12. The van der Waals surface area contributed by atoms with Crippen molar-refractivity contribution in [1.82, 2.24) is 10.2 Å². The molecule has 0 aliphatic rings. The van der Waals surface area contributed by atoms with Crippen molar-refractivity contribution in [2.24, 2.45) is 0 Å². The minimum Gasteiger partial charge on any atom is -0.497 e. The average Bonchev–Trinajstić information content (AvgIpc) is 3.19. The summed E-state index contributed by atoms with van der Waals surface area (Å²) in [5.41, 5.74) is 4.54. The second-order valence-corrected chi connectivity index (χ2v) is 9.67. The Morgan fingerprint density at radius 1 is 1.16 bits per heavy atom. The van der Waals surface area contributed by atoms with Crippen LogP contribution in [0.4, 0.5) is 10.8 Å². The number of nitrogens with zero attached hydrogens (tertiary/aromatic N) is 2. The number of hydrogen-bond acceptors (Lipinski definition) is 8. The van der Waals surface area contributed by atoms with Gasteiger partial charge in [-0.15, -0.1) is 10.2 Å². The molecule has 0 atom stereocenters. The number of aryl methyl sites for hydroxylation is 1. The molecule has 2 aromatic carbocycles. The van der Waals surface area contributed by atoms with Crippen LogP contribution in [0.1, 0.15) is 36.5 Å². The van der Waals surface area contributed by atoms with Crippen molar-refractivity contribution in [2.75, 3.05) is 12.4 Å². The molecule has 31 heavy (non-hydrogen) atoms. The van der Waals surface area contributed by atoms with E-state index in [4.69, 9.17) is 9.15 Å². The molecule has 2 heterocycles. The minimum atomic E-state index is -0.334. The van der Waals surface area contributed by atoms with Crippen LogP contribution in [0, 0.1) is 6.92 Å². The van der Waals surface area contributed by atoms with E-state index in [9.17, 15) is 4.79 Å². The number of ether oxygens (including phenoxy) is 1. The first-order valence-corrected chi connectivity index (χ1v) is 11.7. The monoisotopic (exact) mass is 453 g/mol. The van der Waals surface area contributed by atoms with E-state index < -0.39 is 0 Å². The van der Waals surface area contributed by atoms with Gasteiger partial charge in [0.15, 0.2) is 4.34 Å². The topological polar surface area (TPSA) is 77.2 Å². The Morgan fingerprint density at radius 3 is 2.65 bits per heavy atom. The van der Waals surface area contributed by atoms with Gasteiger partial charge in [-0.1, -0.05) is 36.9 Å². The third kappa shape index (κ3) is 4.91. The molecule has 0 aliphatic carbocycles. The fourth-order valence-electron chi connectivity index (χ4n) is 3.39. The van der Waals surface area contributed by atoms with Gasteiger partial charge in [-0.25, -0.2) is 4.79 Å². The second kappa shape index (κ2) is 9.11. The lowest BCUT2D eigenvalue weighted by atomic mass is 9.95. The summed E-state index contributed by atoms with van der Waals surface area (Å²) in [6.45, 7) is 6.38. The third-order valence-electron chi connectivity index (χ3n) is 4.94. The van der Waals surface area contributed by atoms with Crippen molar-refractivity contribution in [3.05, 3.63) is 69.6 Å². The standard InChI is InChI=1S/C23H23N3O3S2/c1-13(2)18-11-19-15(10-21(27)29-20(19)9-14(18)3)12-30-23-26-25-22(31-23)24-16-5-7-17(28-4)8-6-16/h5-11,13H,12H2,1-4H3,(H,24,25). The molecule has 160 valence electrons. The normalized spacial score (nSPS) is 11.3. The van der Waals surface area contributed by atoms with Crippen molar-refractivity contribution in [1.29, 1.82) is 0 Å². The summed E-state index contributed by atoms with van der Waals surface area (Å²) in [6, 6.07) is 13.3. The maximum Gasteiger partial charge on any atom is 0.336 e. The molecule has 6 nitrogen and oxygen atoms in total. The van der Waals surface area contributed by atoms with Crippen LogP contribution >= 0.6 is 23.1 Å². The fourth-order valence-corrected chi connectivity index (χ4v) is 5.15.